The van der Waals surface area contributed by atoms with Crippen LogP contribution in [0.15, 0.2) is 28.3 Å². The van der Waals surface area contributed by atoms with E-state index in [-0.39, 0.29) is 0 Å². The van der Waals surface area contributed by atoms with Gasteiger partial charge in [-0.2, -0.15) is 5.10 Å². The molecule has 0 saturated heterocycles. The van der Waals surface area contributed by atoms with Gasteiger partial charge in [0.05, 0.1) is 21.8 Å². The molecule has 6 heteroatoms. The lowest BCUT2D eigenvalue weighted by Gasteiger charge is -2.15. The van der Waals surface area contributed by atoms with Crippen molar-refractivity contribution in [2.45, 2.75) is 18.9 Å². The Morgan fingerprint density at radius 3 is 2.72 bits per heavy atom. The molecule has 0 bridgehead atoms. The molecular formula is C12H11Cl2N3S. The number of rotatable bonds is 2. The summed E-state index contributed by atoms with van der Waals surface area (Å²) in [5.41, 5.74) is 4.96. The van der Waals surface area contributed by atoms with Crippen molar-refractivity contribution in [1.29, 1.82) is 0 Å². The summed E-state index contributed by atoms with van der Waals surface area (Å²) >= 11 is 13.6. The monoisotopic (exact) mass is 299 g/mol. The predicted octanol–water partition coefficient (Wildman–Crippen LogP) is 3.55. The van der Waals surface area contributed by atoms with Crippen LogP contribution in [0.3, 0.4) is 0 Å². The van der Waals surface area contributed by atoms with Crippen LogP contribution in [0, 0.1) is 0 Å². The molecule has 0 amide bonds. The number of hydrogen-bond acceptors (Lipinski definition) is 3. The molecule has 1 N–H and O–H groups in total. The zero-order valence-electron chi connectivity index (χ0n) is 9.49. The third-order valence-corrected chi connectivity index (χ3v) is 4.36. The number of amidine groups is 1. The Morgan fingerprint density at radius 2 is 2.11 bits per heavy atom. The molecule has 1 heterocycles. The molecule has 1 saturated carbocycles. The van der Waals surface area contributed by atoms with Crippen LogP contribution in [0.1, 0.15) is 18.4 Å². The van der Waals surface area contributed by atoms with E-state index >= 15 is 0 Å². The Morgan fingerprint density at radius 1 is 1.28 bits per heavy atom. The second-order valence-corrected chi connectivity index (χ2v) is 6.03. The second-order valence-electron chi connectivity index (χ2n) is 4.25. The number of hydrazone groups is 1. The van der Waals surface area contributed by atoms with Crippen molar-refractivity contribution in [3.8, 4) is 0 Å². The normalized spacial score (nSPS) is 21.7. The fourth-order valence-electron chi connectivity index (χ4n) is 1.58. The fraction of sp³-hybridized carbons (Fsp3) is 0.333. The van der Waals surface area contributed by atoms with Crippen molar-refractivity contribution in [2.75, 3.05) is 5.75 Å². The van der Waals surface area contributed by atoms with E-state index in [0.717, 1.165) is 22.2 Å². The van der Waals surface area contributed by atoms with E-state index in [0.29, 0.717) is 16.1 Å². The van der Waals surface area contributed by atoms with Crippen LogP contribution in [0.2, 0.25) is 10.0 Å². The van der Waals surface area contributed by atoms with Crippen molar-refractivity contribution < 1.29 is 0 Å². The maximum Gasteiger partial charge on any atom is 0.177 e. The Bertz CT molecular complexity index is 538. The molecule has 0 unspecified atom stereocenters. The van der Waals surface area contributed by atoms with E-state index in [2.05, 4.69) is 15.5 Å². The molecule has 3 rings (SSSR count). The molecule has 0 atom stereocenters. The Hall–Kier alpha value is -0.710. The van der Waals surface area contributed by atoms with Crippen molar-refractivity contribution >= 4 is 45.8 Å². The smallest absolute Gasteiger partial charge is 0.177 e. The van der Waals surface area contributed by atoms with Gasteiger partial charge in [0.15, 0.2) is 5.17 Å². The number of nitrogens with one attached hydrogen (secondary N) is 1. The topological polar surface area (TPSA) is 36.8 Å². The van der Waals surface area contributed by atoms with Gasteiger partial charge in [-0.25, -0.2) is 0 Å². The third kappa shape index (κ3) is 2.82. The highest BCUT2D eigenvalue weighted by Gasteiger charge is 2.22. The minimum Gasteiger partial charge on any atom is -0.258 e. The average molecular weight is 300 g/mol. The lowest BCUT2D eigenvalue weighted by atomic mass is 10.1. The molecule has 1 aliphatic heterocycles. The van der Waals surface area contributed by atoms with Gasteiger partial charge in [0.2, 0.25) is 0 Å². The molecule has 1 aromatic rings. The fourth-order valence-corrected chi connectivity index (χ4v) is 2.71. The molecule has 18 heavy (non-hydrogen) atoms. The third-order valence-electron chi connectivity index (χ3n) is 2.73. The highest BCUT2D eigenvalue weighted by molar-refractivity contribution is 8.14. The van der Waals surface area contributed by atoms with Crippen LogP contribution in [0.4, 0.5) is 0 Å². The summed E-state index contributed by atoms with van der Waals surface area (Å²) in [6.07, 6.45) is 2.41. The van der Waals surface area contributed by atoms with E-state index in [1.165, 1.54) is 12.8 Å². The predicted molar refractivity (Wildman–Crippen MR) is 79.0 cm³/mol. The maximum atomic E-state index is 6.00. The zero-order chi connectivity index (χ0) is 12.5. The summed E-state index contributed by atoms with van der Waals surface area (Å²) in [6.45, 7) is 0. The molecule has 3 nitrogen and oxygen atoms in total. The highest BCUT2D eigenvalue weighted by Crippen LogP contribution is 2.27. The Labute approximate surface area is 120 Å². The van der Waals surface area contributed by atoms with Crippen LogP contribution in [0.5, 0.6) is 0 Å². The minimum atomic E-state index is 0.515. The van der Waals surface area contributed by atoms with E-state index in [9.17, 15) is 0 Å². The molecule has 2 aliphatic rings. The van der Waals surface area contributed by atoms with Gasteiger partial charge in [-0.3, -0.25) is 10.4 Å². The van der Waals surface area contributed by atoms with Crippen molar-refractivity contribution in [1.82, 2.24) is 5.43 Å². The quantitative estimate of drug-likeness (QED) is 0.907. The van der Waals surface area contributed by atoms with Gasteiger partial charge in [0.1, 0.15) is 0 Å². The summed E-state index contributed by atoms with van der Waals surface area (Å²) in [4.78, 5) is 4.52. The number of nitrogens with zero attached hydrogens (tertiary/aromatic N) is 2. The Kier molecular flexibility index (Phi) is 3.50. The van der Waals surface area contributed by atoms with Gasteiger partial charge in [-0.15, -0.1) is 0 Å². The number of thioether (sulfide) groups is 1. The second kappa shape index (κ2) is 5.11. The van der Waals surface area contributed by atoms with Gasteiger partial charge >= 0.3 is 0 Å². The van der Waals surface area contributed by atoms with Crippen LogP contribution in [-0.4, -0.2) is 22.7 Å². The van der Waals surface area contributed by atoms with Gasteiger partial charge in [0, 0.05) is 11.3 Å². The molecular weight excluding hydrogens is 289 g/mol. The van der Waals surface area contributed by atoms with E-state index < -0.39 is 0 Å². The van der Waals surface area contributed by atoms with Crippen LogP contribution in [-0.2, 0) is 0 Å². The first-order valence-corrected chi connectivity index (χ1v) is 7.45. The number of hydrogen-bond donors (Lipinski definition) is 1. The van der Waals surface area contributed by atoms with Crippen LogP contribution >= 0.6 is 35.0 Å². The molecule has 0 aromatic heterocycles. The highest BCUT2D eigenvalue weighted by atomic mass is 35.5. The van der Waals surface area contributed by atoms with Crippen molar-refractivity contribution in [3.05, 3.63) is 33.8 Å². The number of halogens is 2. The largest absolute Gasteiger partial charge is 0.258 e. The van der Waals surface area contributed by atoms with E-state index in [1.54, 1.807) is 17.8 Å². The lowest BCUT2D eigenvalue weighted by Crippen LogP contribution is -2.25. The summed E-state index contributed by atoms with van der Waals surface area (Å²) in [7, 11) is 0. The van der Waals surface area contributed by atoms with E-state index in [1.807, 2.05) is 12.1 Å². The van der Waals surface area contributed by atoms with Gasteiger partial charge in [0.25, 0.3) is 0 Å². The molecule has 1 aliphatic carbocycles. The number of benzene rings is 1. The van der Waals surface area contributed by atoms with Gasteiger partial charge < -0.3 is 0 Å². The summed E-state index contributed by atoms with van der Waals surface area (Å²) in [5.74, 6) is 0.802. The maximum absolute atomic E-state index is 6.00. The van der Waals surface area contributed by atoms with Crippen molar-refractivity contribution in [3.63, 3.8) is 0 Å². The Balaban J connectivity index is 1.77. The average Bonchev–Trinajstić information content (AvgIpc) is 3.18. The number of aliphatic imine (C=N–C) groups is 1. The molecule has 0 spiro atoms. The molecule has 94 valence electrons. The van der Waals surface area contributed by atoms with E-state index in [4.69, 9.17) is 23.2 Å². The zero-order valence-corrected chi connectivity index (χ0v) is 11.8. The SMILES string of the molecule is Clc1ccc(C2=NNC(=NC3CC3)SC2)cc1Cl. The molecule has 1 fully saturated rings. The lowest BCUT2D eigenvalue weighted by molar-refractivity contribution is 0.985. The van der Waals surface area contributed by atoms with Gasteiger partial charge in [-0.05, 0) is 25.0 Å². The van der Waals surface area contributed by atoms with Crippen LogP contribution < -0.4 is 5.43 Å². The summed E-state index contributed by atoms with van der Waals surface area (Å²) in [5, 5.41) is 6.38. The standard InChI is InChI=1S/C12H11Cl2N3S/c13-9-4-1-7(5-10(9)14)11-6-18-12(17-16-11)15-8-2-3-8/h1,4-5,8H,2-3,6H2,(H,15,17). The van der Waals surface area contributed by atoms with Gasteiger partial charge in [-0.1, -0.05) is 41.0 Å². The van der Waals surface area contributed by atoms with Crippen LogP contribution in [0.25, 0.3) is 0 Å². The first kappa shape index (κ1) is 12.3. The molecule has 1 aromatic carbocycles. The summed E-state index contributed by atoms with van der Waals surface area (Å²) in [6, 6.07) is 6.08. The molecule has 0 radical (unpaired) electrons. The first-order valence-electron chi connectivity index (χ1n) is 5.71. The minimum absolute atomic E-state index is 0.515. The summed E-state index contributed by atoms with van der Waals surface area (Å²) < 4.78 is 0. The van der Waals surface area contributed by atoms with Crippen molar-refractivity contribution in [2.24, 2.45) is 10.1 Å². The first-order chi connectivity index (χ1) is 8.72.